The number of carbonyl (C=O) groups excluding carboxylic acids is 1. The quantitative estimate of drug-likeness (QED) is 0.715. The second-order valence-corrected chi connectivity index (χ2v) is 8.02. The predicted molar refractivity (Wildman–Crippen MR) is 112 cm³/mol. The standard InChI is InChI=1S/C21H25ClN2O.ClH/c1-21(2,3)17-9-7-16(8-10-17)20(25)24-13-11-23(12-14-24)19-6-4-5-18(22)15-19;/h4-10,15H,11-14H2,1-3H3;1H. The minimum atomic E-state index is 0. The van der Waals surface area contributed by atoms with Crippen LogP contribution in [-0.2, 0) is 5.41 Å². The zero-order valence-corrected chi connectivity index (χ0v) is 17.1. The van der Waals surface area contributed by atoms with Gasteiger partial charge in [-0.1, -0.05) is 50.6 Å². The molecule has 0 unspecified atom stereocenters. The molecule has 0 saturated carbocycles. The molecule has 0 aromatic heterocycles. The molecule has 1 saturated heterocycles. The van der Waals surface area contributed by atoms with Crippen LogP contribution in [0.4, 0.5) is 5.69 Å². The Morgan fingerprint density at radius 2 is 1.58 bits per heavy atom. The van der Waals surface area contributed by atoms with Crippen molar-refractivity contribution in [2.24, 2.45) is 0 Å². The number of piperazine rings is 1. The highest BCUT2D eigenvalue weighted by Gasteiger charge is 2.23. The Labute approximate surface area is 167 Å². The van der Waals surface area contributed by atoms with Gasteiger partial charge in [-0.05, 0) is 41.3 Å². The molecular weight excluding hydrogens is 367 g/mol. The minimum Gasteiger partial charge on any atom is -0.368 e. The normalized spacial score (nSPS) is 14.8. The Balaban J connectivity index is 0.00000243. The molecule has 2 aromatic rings. The van der Waals surface area contributed by atoms with Gasteiger partial charge in [0.15, 0.2) is 0 Å². The highest BCUT2D eigenvalue weighted by molar-refractivity contribution is 6.30. The van der Waals surface area contributed by atoms with E-state index in [4.69, 9.17) is 11.6 Å². The van der Waals surface area contributed by atoms with Crippen LogP contribution in [0.2, 0.25) is 5.02 Å². The highest BCUT2D eigenvalue weighted by Crippen LogP contribution is 2.24. The van der Waals surface area contributed by atoms with E-state index in [1.807, 2.05) is 35.2 Å². The average Bonchev–Trinajstić information content (AvgIpc) is 2.61. The summed E-state index contributed by atoms with van der Waals surface area (Å²) in [5, 5.41) is 0.745. The molecule has 1 aliphatic heterocycles. The maximum absolute atomic E-state index is 12.7. The molecule has 1 heterocycles. The third kappa shape index (κ3) is 4.72. The van der Waals surface area contributed by atoms with Gasteiger partial charge >= 0.3 is 0 Å². The van der Waals surface area contributed by atoms with Gasteiger partial charge in [-0.25, -0.2) is 0 Å². The lowest BCUT2D eigenvalue weighted by Crippen LogP contribution is -2.48. The van der Waals surface area contributed by atoms with Crippen molar-refractivity contribution in [2.45, 2.75) is 26.2 Å². The number of nitrogens with zero attached hydrogens (tertiary/aromatic N) is 2. The molecule has 0 bridgehead atoms. The number of hydrogen-bond acceptors (Lipinski definition) is 2. The third-order valence-electron chi connectivity index (χ3n) is 4.74. The molecule has 3 rings (SSSR count). The molecule has 1 amide bonds. The molecule has 3 nitrogen and oxygen atoms in total. The first-order valence-corrected chi connectivity index (χ1v) is 9.13. The van der Waals surface area contributed by atoms with Crippen LogP contribution in [0.5, 0.6) is 0 Å². The van der Waals surface area contributed by atoms with E-state index in [2.05, 4.69) is 43.9 Å². The molecule has 26 heavy (non-hydrogen) atoms. The molecular formula is C21H26Cl2N2O. The maximum atomic E-state index is 12.7. The van der Waals surface area contributed by atoms with Gasteiger partial charge in [0.2, 0.25) is 0 Å². The lowest BCUT2D eigenvalue weighted by molar-refractivity contribution is 0.0746. The molecule has 140 valence electrons. The Kier molecular flexibility index (Phi) is 6.59. The number of hydrogen-bond donors (Lipinski definition) is 0. The molecule has 1 fully saturated rings. The molecule has 2 aromatic carbocycles. The number of amides is 1. The Morgan fingerprint density at radius 3 is 2.12 bits per heavy atom. The largest absolute Gasteiger partial charge is 0.368 e. The fourth-order valence-corrected chi connectivity index (χ4v) is 3.32. The van der Waals surface area contributed by atoms with Crippen LogP contribution in [0.25, 0.3) is 0 Å². The van der Waals surface area contributed by atoms with Crippen molar-refractivity contribution in [3.8, 4) is 0 Å². The third-order valence-corrected chi connectivity index (χ3v) is 4.97. The SMILES string of the molecule is CC(C)(C)c1ccc(C(=O)N2CCN(c3cccc(Cl)c3)CC2)cc1.Cl. The van der Waals surface area contributed by atoms with E-state index < -0.39 is 0 Å². The zero-order chi connectivity index (χ0) is 18.0. The first-order valence-electron chi connectivity index (χ1n) is 8.75. The van der Waals surface area contributed by atoms with Crippen molar-refractivity contribution in [1.82, 2.24) is 4.90 Å². The highest BCUT2D eigenvalue weighted by atomic mass is 35.5. The summed E-state index contributed by atoms with van der Waals surface area (Å²) in [5.74, 6) is 0.117. The zero-order valence-electron chi connectivity index (χ0n) is 15.5. The summed E-state index contributed by atoms with van der Waals surface area (Å²) in [5.41, 5.74) is 3.23. The summed E-state index contributed by atoms with van der Waals surface area (Å²) in [7, 11) is 0. The summed E-state index contributed by atoms with van der Waals surface area (Å²) in [6.07, 6.45) is 0. The number of anilines is 1. The van der Waals surface area contributed by atoms with E-state index in [0.717, 1.165) is 42.5 Å². The van der Waals surface area contributed by atoms with Gasteiger partial charge < -0.3 is 9.80 Å². The molecule has 0 spiro atoms. The van der Waals surface area contributed by atoms with E-state index in [-0.39, 0.29) is 23.7 Å². The molecule has 0 aliphatic carbocycles. The van der Waals surface area contributed by atoms with Gasteiger partial charge in [0, 0.05) is 42.5 Å². The van der Waals surface area contributed by atoms with Crippen LogP contribution in [0.15, 0.2) is 48.5 Å². The van der Waals surface area contributed by atoms with E-state index in [0.29, 0.717) is 0 Å². The predicted octanol–water partition coefficient (Wildman–Crippen LogP) is 5.02. The van der Waals surface area contributed by atoms with Crippen molar-refractivity contribution in [3.63, 3.8) is 0 Å². The van der Waals surface area contributed by atoms with Crippen LogP contribution >= 0.6 is 24.0 Å². The molecule has 0 radical (unpaired) electrons. The van der Waals surface area contributed by atoms with Crippen molar-refractivity contribution in [2.75, 3.05) is 31.1 Å². The van der Waals surface area contributed by atoms with Crippen molar-refractivity contribution < 1.29 is 4.79 Å². The number of halogens is 2. The monoisotopic (exact) mass is 392 g/mol. The lowest BCUT2D eigenvalue weighted by Gasteiger charge is -2.36. The topological polar surface area (TPSA) is 23.6 Å². The van der Waals surface area contributed by atoms with Crippen LogP contribution in [-0.4, -0.2) is 37.0 Å². The first-order chi connectivity index (χ1) is 11.8. The fraction of sp³-hybridized carbons (Fsp3) is 0.381. The Morgan fingerprint density at radius 1 is 0.962 bits per heavy atom. The van der Waals surface area contributed by atoms with Gasteiger partial charge in [0.1, 0.15) is 0 Å². The van der Waals surface area contributed by atoms with E-state index >= 15 is 0 Å². The van der Waals surface area contributed by atoms with Crippen LogP contribution in [0, 0.1) is 0 Å². The number of rotatable bonds is 2. The molecule has 5 heteroatoms. The summed E-state index contributed by atoms with van der Waals surface area (Å²) in [6.45, 7) is 9.65. The summed E-state index contributed by atoms with van der Waals surface area (Å²) in [4.78, 5) is 17.0. The van der Waals surface area contributed by atoms with Crippen molar-refractivity contribution >= 4 is 35.6 Å². The fourth-order valence-electron chi connectivity index (χ4n) is 3.14. The smallest absolute Gasteiger partial charge is 0.253 e. The Hall–Kier alpha value is -1.71. The van der Waals surface area contributed by atoms with Gasteiger partial charge in [-0.15, -0.1) is 12.4 Å². The summed E-state index contributed by atoms with van der Waals surface area (Å²) >= 11 is 6.08. The summed E-state index contributed by atoms with van der Waals surface area (Å²) < 4.78 is 0. The van der Waals surface area contributed by atoms with Crippen molar-refractivity contribution in [1.29, 1.82) is 0 Å². The van der Waals surface area contributed by atoms with Crippen LogP contribution in [0.3, 0.4) is 0 Å². The second-order valence-electron chi connectivity index (χ2n) is 7.59. The van der Waals surface area contributed by atoms with Gasteiger partial charge in [0.25, 0.3) is 5.91 Å². The average molecular weight is 393 g/mol. The number of benzene rings is 2. The van der Waals surface area contributed by atoms with E-state index in [1.54, 1.807) is 0 Å². The van der Waals surface area contributed by atoms with E-state index in [9.17, 15) is 4.79 Å². The lowest BCUT2D eigenvalue weighted by atomic mass is 9.86. The Bertz CT molecular complexity index is 745. The van der Waals surface area contributed by atoms with Crippen molar-refractivity contribution in [3.05, 3.63) is 64.7 Å². The second kappa shape index (κ2) is 8.32. The summed E-state index contributed by atoms with van der Waals surface area (Å²) in [6, 6.07) is 15.9. The van der Waals surface area contributed by atoms with Gasteiger partial charge in [-0.2, -0.15) is 0 Å². The minimum absolute atomic E-state index is 0. The van der Waals surface area contributed by atoms with Gasteiger partial charge in [0.05, 0.1) is 0 Å². The van der Waals surface area contributed by atoms with Crippen LogP contribution < -0.4 is 4.90 Å². The van der Waals surface area contributed by atoms with Gasteiger partial charge in [-0.3, -0.25) is 4.79 Å². The first kappa shape index (κ1) is 20.6. The molecule has 0 N–H and O–H groups in total. The number of carbonyl (C=O) groups is 1. The molecule has 1 aliphatic rings. The molecule has 0 atom stereocenters. The maximum Gasteiger partial charge on any atom is 0.253 e. The van der Waals surface area contributed by atoms with Crippen LogP contribution in [0.1, 0.15) is 36.7 Å². The van der Waals surface area contributed by atoms with E-state index in [1.165, 1.54) is 5.56 Å².